The zero-order valence-corrected chi connectivity index (χ0v) is 16.0. The van der Waals surface area contributed by atoms with Crippen LogP contribution in [0.3, 0.4) is 0 Å². The summed E-state index contributed by atoms with van der Waals surface area (Å²) >= 11 is 0. The molecule has 1 saturated heterocycles. The van der Waals surface area contributed by atoms with E-state index in [2.05, 4.69) is 4.72 Å². The number of nitrogens with one attached hydrogen (secondary N) is 1. The molecule has 7 nitrogen and oxygen atoms in total. The molecule has 0 radical (unpaired) electrons. The number of carbonyl (C=O) groups is 1. The number of ether oxygens (including phenoxy) is 1. The second-order valence-electron chi connectivity index (χ2n) is 6.37. The molecule has 1 aromatic heterocycles. The van der Waals surface area contributed by atoms with Crippen LogP contribution < -0.4 is 9.46 Å². The van der Waals surface area contributed by atoms with Crippen LogP contribution in [0.15, 0.2) is 35.2 Å². The van der Waals surface area contributed by atoms with Gasteiger partial charge in [-0.25, -0.2) is 8.42 Å². The van der Waals surface area contributed by atoms with E-state index in [0.29, 0.717) is 22.8 Å². The van der Waals surface area contributed by atoms with Gasteiger partial charge in [0.05, 0.1) is 7.11 Å². The summed E-state index contributed by atoms with van der Waals surface area (Å²) in [4.78, 5) is 14.5. The third-order valence-electron chi connectivity index (χ3n) is 4.73. The minimum atomic E-state index is -3.80. The molecular formula is C18H23N3O4S. The van der Waals surface area contributed by atoms with Crippen LogP contribution in [0.2, 0.25) is 0 Å². The van der Waals surface area contributed by atoms with Crippen LogP contribution in [0.1, 0.15) is 29.0 Å². The van der Waals surface area contributed by atoms with Crippen LogP contribution in [0.4, 0.5) is 5.69 Å². The van der Waals surface area contributed by atoms with Crippen LogP contribution in [0.25, 0.3) is 0 Å². The number of amides is 1. The van der Waals surface area contributed by atoms with Gasteiger partial charge in [0.1, 0.15) is 16.3 Å². The summed E-state index contributed by atoms with van der Waals surface area (Å²) < 4.78 is 34.9. The quantitative estimate of drug-likeness (QED) is 0.867. The highest BCUT2D eigenvalue weighted by Gasteiger charge is 2.27. The molecule has 8 heteroatoms. The number of methoxy groups -OCH3 is 1. The summed E-state index contributed by atoms with van der Waals surface area (Å²) in [5.74, 6) is 0.515. The Kier molecular flexibility index (Phi) is 4.95. The number of sulfonamides is 1. The van der Waals surface area contributed by atoms with Crippen LogP contribution in [0.5, 0.6) is 5.75 Å². The predicted octanol–water partition coefficient (Wildman–Crippen LogP) is 2.38. The topological polar surface area (TPSA) is 80.6 Å². The van der Waals surface area contributed by atoms with Gasteiger partial charge < -0.3 is 14.2 Å². The van der Waals surface area contributed by atoms with Gasteiger partial charge in [-0.15, -0.1) is 0 Å². The first-order valence-corrected chi connectivity index (χ1v) is 9.94. The number of anilines is 1. The van der Waals surface area contributed by atoms with Crippen LogP contribution in [0, 0.1) is 6.92 Å². The number of hydrogen-bond donors (Lipinski definition) is 1. The van der Waals surface area contributed by atoms with Crippen molar-refractivity contribution in [3.8, 4) is 5.75 Å². The molecule has 2 aromatic rings. The van der Waals surface area contributed by atoms with E-state index in [-0.39, 0.29) is 10.8 Å². The summed E-state index contributed by atoms with van der Waals surface area (Å²) in [7, 11) is -0.544. The molecular weight excluding hydrogens is 354 g/mol. The van der Waals surface area contributed by atoms with Crippen molar-refractivity contribution in [1.82, 2.24) is 9.47 Å². The first-order chi connectivity index (χ1) is 12.3. The Morgan fingerprint density at radius 2 is 1.77 bits per heavy atom. The molecule has 1 amide bonds. The van der Waals surface area contributed by atoms with E-state index >= 15 is 0 Å². The zero-order valence-electron chi connectivity index (χ0n) is 15.2. The van der Waals surface area contributed by atoms with E-state index in [1.54, 1.807) is 54.8 Å². The summed E-state index contributed by atoms with van der Waals surface area (Å²) in [6.45, 7) is 3.13. The van der Waals surface area contributed by atoms with Crippen LogP contribution >= 0.6 is 0 Å². The fourth-order valence-electron chi connectivity index (χ4n) is 3.10. The number of hydrogen-bond acceptors (Lipinski definition) is 4. The normalized spacial score (nSPS) is 14.5. The highest BCUT2D eigenvalue weighted by atomic mass is 32.2. The van der Waals surface area contributed by atoms with Crippen molar-refractivity contribution in [2.24, 2.45) is 7.05 Å². The van der Waals surface area contributed by atoms with E-state index in [4.69, 9.17) is 4.74 Å². The molecule has 140 valence electrons. The number of carbonyl (C=O) groups excluding carboxylic acids is 1. The lowest BCUT2D eigenvalue weighted by Gasteiger charge is -2.15. The van der Waals surface area contributed by atoms with Crippen molar-refractivity contribution in [3.05, 3.63) is 41.7 Å². The number of likely N-dealkylation sites (tertiary alicyclic amines) is 1. The van der Waals surface area contributed by atoms with Crippen molar-refractivity contribution < 1.29 is 17.9 Å². The Hall–Kier alpha value is -2.48. The van der Waals surface area contributed by atoms with Gasteiger partial charge in [0.25, 0.3) is 15.9 Å². The maximum absolute atomic E-state index is 12.8. The Labute approximate surface area is 153 Å². The third kappa shape index (κ3) is 3.41. The second-order valence-corrected chi connectivity index (χ2v) is 8.02. The van der Waals surface area contributed by atoms with Crippen molar-refractivity contribution in [2.75, 3.05) is 24.9 Å². The van der Waals surface area contributed by atoms with Crippen molar-refractivity contribution in [2.45, 2.75) is 24.7 Å². The van der Waals surface area contributed by atoms with E-state index < -0.39 is 10.0 Å². The molecule has 1 aliphatic rings. The lowest BCUT2D eigenvalue weighted by atomic mass is 10.3. The summed E-state index contributed by atoms with van der Waals surface area (Å²) in [6.07, 6.45) is 1.97. The SMILES string of the molecule is COc1ccc(NS(=O)(=O)c2cc(C(=O)N3CCCC3)n(C)c2C)cc1. The molecule has 0 saturated carbocycles. The summed E-state index contributed by atoms with van der Waals surface area (Å²) in [6, 6.07) is 8.08. The highest BCUT2D eigenvalue weighted by Crippen LogP contribution is 2.25. The van der Waals surface area contributed by atoms with Gasteiger partial charge in [-0.1, -0.05) is 0 Å². The zero-order chi connectivity index (χ0) is 18.9. The summed E-state index contributed by atoms with van der Waals surface area (Å²) in [5.41, 5.74) is 1.34. The van der Waals surface area contributed by atoms with Gasteiger partial charge in [0.2, 0.25) is 0 Å². The molecule has 0 unspecified atom stereocenters. The summed E-state index contributed by atoms with van der Waals surface area (Å²) in [5, 5.41) is 0. The molecule has 3 rings (SSSR count). The Morgan fingerprint density at radius 3 is 2.35 bits per heavy atom. The fourth-order valence-corrected chi connectivity index (χ4v) is 4.45. The van der Waals surface area contributed by atoms with E-state index in [0.717, 1.165) is 25.9 Å². The number of aromatic nitrogens is 1. The smallest absolute Gasteiger partial charge is 0.270 e. The van der Waals surface area contributed by atoms with Gasteiger partial charge >= 0.3 is 0 Å². The number of benzene rings is 1. The maximum Gasteiger partial charge on any atom is 0.270 e. The van der Waals surface area contributed by atoms with Gasteiger partial charge in [-0.3, -0.25) is 9.52 Å². The minimum Gasteiger partial charge on any atom is -0.497 e. The minimum absolute atomic E-state index is 0.110. The molecule has 1 N–H and O–H groups in total. The molecule has 0 aliphatic carbocycles. The van der Waals surface area contributed by atoms with E-state index in [1.807, 2.05) is 0 Å². The fraction of sp³-hybridized carbons (Fsp3) is 0.389. The monoisotopic (exact) mass is 377 g/mol. The van der Waals surface area contributed by atoms with Crippen molar-refractivity contribution >= 4 is 21.6 Å². The predicted molar refractivity (Wildman–Crippen MR) is 99.1 cm³/mol. The Bertz CT molecular complexity index is 911. The molecule has 2 heterocycles. The van der Waals surface area contributed by atoms with Gasteiger partial charge in [0, 0.05) is 31.5 Å². The van der Waals surface area contributed by atoms with Gasteiger partial charge in [-0.2, -0.15) is 0 Å². The first kappa shape index (κ1) is 18.3. The first-order valence-electron chi connectivity index (χ1n) is 8.46. The van der Waals surface area contributed by atoms with Gasteiger partial charge in [0.15, 0.2) is 0 Å². The second kappa shape index (κ2) is 7.03. The molecule has 0 bridgehead atoms. The van der Waals surface area contributed by atoms with Crippen molar-refractivity contribution in [1.29, 1.82) is 0 Å². The van der Waals surface area contributed by atoms with E-state index in [1.165, 1.54) is 6.07 Å². The molecule has 0 spiro atoms. The highest BCUT2D eigenvalue weighted by molar-refractivity contribution is 7.92. The van der Waals surface area contributed by atoms with E-state index in [9.17, 15) is 13.2 Å². The Balaban J connectivity index is 1.89. The number of rotatable bonds is 5. The van der Waals surface area contributed by atoms with Gasteiger partial charge in [-0.05, 0) is 50.1 Å². The molecule has 1 fully saturated rings. The standard InChI is InChI=1S/C18H23N3O4S/c1-13-17(12-16(20(13)2)18(22)21-10-4-5-11-21)26(23,24)19-14-6-8-15(25-3)9-7-14/h6-9,12,19H,4-5,10-11H2,1-3H3. The lowest BCUT2D eigenvalue weighted by molar-refractivity contribution is 0.0783. The molecule has 1 aromatic carbocycles. The lowest BCUT2D eigenvalue weighted by Crippen LogP contribution is -2.29. The average Bonchev–Trinajstić information content (AvgIpc) is 3.25. The molecule has 1 aliphatic heterocycles. The largest absolute Gasteiger partial charge is 0.497 e. The Morgan fingerprint density at radius 1 is 1.15 bits per heavy atom. The molecule has 0 atom stereocenters. The average molecular weight is 377 g/mol. The van der Waals surface area contributed by atoms with Crippen LogP contribution in [-0.2, 0) is 17.1 Å². The van der Waals surface area contributed by atoms with Crippen LogP contribution in [-0.4, -0.2) is 44.0 Å². The maximum atomic E-state index is 12.8. The number of nitrogens with zero attached hydrogens (tertiary/aromatic N) is 2. The molecule has 26 heavy (non-hydrogen) atoms. The van der Waals surface area contributed by atoms with Crippen molar-refractivity contribution in [3.63, 3.8) is 0 Å². The third-order valence-corrected chi connectivity index (χ3v) is 6.23.